The monoisotopic (exact) mass is 351 g/mol. The Kier molecular flexibility index (Phi) is 5.15. The van der Waals surface area contributed by atoms with Crippen LogP contribution < -0.4 is 5.32 Å². The average Bonchev–Trinajstić information content (AvgIpc) is 3.36. The van der Waals surface area contributed by atoms with Crippen LogP contribution in [-0.2, 0) is 11.8 Å². The van der Waals surface area contributed by atoms with Crippen LogP contribution in [-0.4, -0.2) is 28.9 Å². The van der Waals surface area contributed by atoms with Crippen LogP contribution in [0.4, 0.5) is 0 Å². The molecule has 0 saturated heterocycles. The number of benzene rings is 1. The van der Waals surface area contributed by atoms with Gasteiger partial charge in [0.25, 0.3) is 0 Å². The molecule has 3 N–H and O–H groups in total. The lowest BCUT2D eigenvalue weighted by Gasteiger charge is -2.55. The molecule has 4 rings (SSSR count). The van der Waals surface area contributed by atoms with Crippen LogP contribution in [0.3, 0.4) is 0 Å². The van der Waals surface area contributed by atoms with Crippen LogP contribution in [0, 0.1) is 5.92 Å². The third-order valence-electron chi connectivity index (χ3n) is 6.61. The highest BCUT2D eigenvalue weighted by Gasteiger charge is 2.54. The molecule has 4 heteroatoms. The summed E-state index contributed by atoms with van der Waals surface area (Å²) in [6.07, 6.45) is 9.79. The number of aromatic hydroxyl groups is 1. The number of fused-ring (bicyclic) bond motifs is 3. The normalized spacial score (nSPS) is 31.7. The summed E-state index contributed by atoms with van der Waals surface area (Å²) in [6, 6.07) is 5.80. The first-order valence-electron chi connectivity index (χ1n) is 9.38. The maximum absolute atomic E-state index is 11.5. The summed E-state index contributed by atoms with van der Waals surface area (Å²) < 4.78 is 0. The van der Waals surface area contributed by atoms with Crippen LogP contribution in [0.15, 0.2) is 18.2 Å². The molecule has 2 saturated carbocycles. The van der Waals surface area contributed by atoms with Crippen molar-refractivity contribution in [1.29, 1.82) is 0 Å². The second-order valence-electron chi connectivity index (χ2n) is 8.06. The Labute approximate surface area is 151 Å². The largest absolute Gasteiger partial charge is 0.508 e. The van der Waals surface area contributed by atoms with Crippen molar-refractivity contribution in [1.82, 2.24) is 5.32 Å². The van der Waals surface area contributed by atoms with Crippen molar-refractivity contribution in [2.24, 2.45) is 5.92 Å². The van der Waals surface area contributed by atoms with Gasteiger partial charge in [0.05, 0.1) is 5.60 Å². The van der Waals surface area contributed by atoms with Gasteiger partial charge in [-0.25, -0.2) is 0 Å². The molecule has 134 valence electrons. The Hall–Kier alpha value is -0.770. The summed E-state index contributed by atoms with van der Waals surface area (Å²) in [7, 11) is 0. The second-order valence-corrected chi connectivity index (χ2v) is 8.06. The number of aryl methyl sites for hydroxylation is 1. The van der Waals surface area contributed by atoms with E-state index in [0.29, 0.717) is 5.75 Å². The summed E-state index contributed by atoms with van der Waals surface area (Å²) in [5.41, 5.74) is 1.79. The van der Waals surface area contributed by atoms with E-state index in [9.17, 15) is 10.2 Å². The highest BCUT2D eigenvalue weighted by atomic mass is 35.5. The zero-order valence-electron chi connectivity index (χ0n) is 14.4. The minimum atomic E-state index is -0.590. The van der Waals surface area contributed by atoms with Crippen LogP contribution in [0.5, 0.6) is 5.75 Å². The number of phenols is 1. The molecule has 0 amide bonds. The second kappa shape index (κ2) is 6.86. The molecule has 2 atom stereocenters. The number of phenolic OH excluding ortho intramolecular Hbond substituents is 1. The average molecular weight is 352 g/mol. The third kappa shape index (κ3) is 3.07. The maximum Gasteiger partial charge on any atom is 0.115 e. The number of nitrogens with one attached hydrogen (secondary N) is 1. The van der Waals surface area contributed by atoms with Gasteiger partial charge in [0.1, 0.15) is 5.75 Å². The molecule has 0 unspecified atom stereocenters. The molecule has 24 heavy (non-hydrogen) atoms. The van der Waals surface area contributed by atoms with E-state index in [0.717, 1.165) is 57.5 Å². The minimum absolute atomic E-state index is 0. The Balaban J connectivity index is 0.00000169. The van der Waals surface area contributed by atoms with Gasteiger partial charge in [-0.05, 0) is 87.2 Å². The first-order chi connectivity index (χ1) is 11.1. The van der Waals surface area contributed by atoms with Crippen LogP contribution >= 0.6 is 12.4 Å². The van der Waals surface area contributed by atoms with Crippen LogP contribution in [0.1, 0.15) is 62.5 Å². The molecule has 0 radical (unpaired) electrons. The van der Waals surface area contributed by atoms with E-state index < -0.39 is 5.60 Å². The lowest BCUT2D eigenvalue weighted by molar-refractivity contribution is -0.0869. The number of halogens is 1. The molecule has 3 aliphatic carbocycles. The van der Waals surface area contributed by atoms with E-state index in [1.165, 1.54) is 30.4 Å². The van der Waals surface area contributed by atoms with Crippen molar-refractivity contribution in [2.45, 2.75) is 68.8 Å². The van der Waals surface area contributed by atoms with Gasteiger partial charge >= 0.3 is 0 Å². The summed E-state index contributed by atoms with van der Waals surface area (Å²) in [5.74, 6) is 1.23. The van der Waals surface area contributed by atoms with Crippen molar-refractivity contribution in [3.05, 3.63) is 29.3 Å². The molecule has 0 bridgehead atoms. The molecular formula is C20H30ClNO2. The molecule has 0 aliphatic heterocycles. The fraction of sp³-hybridized carbons (Fsp3) is 0.700. The topological polar surface area (TPSA) is 52.5 Å². The van der Waals surface area contributed by atoms with E-state index in [1.54, 1.807) is 6.07 Å². The predicted molar refractivity (Wildman–Crippen MR) is 99.0 cm³/mol. The molecule has 3 aliphatic rings. The number of hydrogen-bond acceptors (Lipinski definition) is 3. The van der Waals surface area contributed by atoms with Crippen LogP contribution in [0.2, 0.25) is 0 Å². The molecule has 0 aromatic heterocycles. The summed E-state index contributed by atoms with van der Waals surface area (Å²) in [4.78, 5) is 0. The van der Waals surface area contributed by atoms with Crippen molar-refractivity contribution in [2.75, 3.05) is 13.1 Å². The predicted octanol–water partition coefficient (Wildman–Crippen LogP) is 3.69. The van der Waals surface area contributed by atoms with Gasteiger partial charge in [-0.1, -0.05) is 18.9 Å². The lowest BCUT2D eigenvalue weighted by Crippen LogP contribution is -2.57. The zero-order chi connectivity index (χ0) is 15.9. The van der Waals surface area contributed by atoms with E-state index in [-0.39, 0.29) is 17.8 Å². The summed E-state index contributed by atoms with van der Waals surface area (Å²) in [5, 5.41) is 25.1. The Morgan fingerprint density at radius 2 is 1.92 bits per heavy atom. The van der Waals surface area contributed by atoms with E-state index in [2.05, 4.69) is 11.4 Å². The van der Waals surface area contributed by atoms with Crippen molar-refractivity contribution < 1.29 is 10.2 Å². The standard InChI is InChI=1S/C20H29NO2.ClH/c22-17-6-5-16-7-10-20(23)9-2-1-8-19(20,18(16)13-17)11-12-21-14-15-3-4-15;/h5-6,13,15,21-23H,1-4,7-12,14H2;1H/t19-,20+;/m1./s1. The molecule has 3 nitrogen and oxygen atoms in total. The van der Waals surface area contributed by atoms with Gasteiger partial charge in [-0.2, -0.15) is 0 Å². The fourth-order valence-corrected chi connectivity index (χ4v) is 5.06. The van der Waals surface area contributed by atoms with E-state index in [4.69, 9.17) is 0 Å². The van der Waals surface area contributed by atoms with Crippen molar-refractivity contribution in [3.63, 3.8) is 0 Å². The number of rotatable bonds is 5. The molecule has 1 aromatic rings. The summed E-state index contributed by atoms with van der Waals surface area (Å²) in [6.45, 7) is 2.09. The number of hydrogen-bond donors (Lipinski definition) is 3. The Bertz CT molecular complexity index is 589. The molecule has 2 fully saturated rings. The van der Waals surface area contributed by atoms with Crippen LogP contribution in [0.25, 0.3) is 0 Å². The van der Waals surface area contributed by atoms with Crippen molar-refractivity contribution in [3.8, 4) is 5.75 Å². The first-order valence-corrected chi connectivity index (χ1v) is 9.38. The Morgan fingerprint density at radius 3 is 2.71 bits per heavy atom. The van der Waals surface area contributed by atoms with Gasteiger partial charge in [-0.15, -0.1) is 12.4 Å². The zero-order valence-corrected chi connectivity index (χ0v) is 15.2. The van der Waals surface area contributed by atoms with E-state index >= 15 is 0 Å². The minimum Gasteiger partial charge on any atom is -0.508 e. The smallest absolute Gasteiger partial charge is 0.115 e. The van der Waals surface area contributed by atoms with Crippen molar-refractivity contribution >= 4 is 12.4 Å². The van der Waals surface area contributed by atoms with Gasteiger partial charge in [0.2, 0.25) is 0 Å². The molecule has 1 aromatic carbocycles. The first kappa shape index (κ1) is 18.0. The fourth-order valence-electron chi connectivity index (χ4n) is 5.06. The maximum atomic E-state index is 11.5. The van der Waals surface area contributed by atoms with Gasteiger partial charge in [-0.3, -0.25) is 0 Å². The highest BCUT2D eigenvalue weighted by Crippen LogP contribution is 2.55. The van der Waals surface area contributed by atoms with Gasteiger partial charge in [0.15, 0.2) is 0 Å². The Morgan fingerprint density at radius 1 is 1.12 bits per heavy atom. The van der Waals surface area contributed by atoms with E-state index in [1.807, 2.05) is 6.07 Å². The summed E-state index contributed by atoms with van der Waals surface area (Å²) >= 11 is 0. The third-order valence-corrected chi connectivity index (χ3v) is 6.61. The quantitative estimate of drug-likeness (QED) is 0.709. The lowest BCUT2D eigenvalue weighted by atomic mass is 9.53. The van der Waals surface area contributed by atoms with Gasteiger partial charge < -0.3 is 15.5 Å². The highest BCUT2D eigenvalue weighted by molar-refractivity contribution is 5.85. The number of aliphatic hydroxyl groups is 1. The molecule has 0 heterocycles. The van der Waals surface area contributed by atoms with Gasteiger partial charge in [0, 0.05) is 5.41 Å². The molecule has 0 spiro atoms. The molecular weight excluding hydrogens is 322 g/mol. The SMILES string of the molecule is Cl.Oc1ccc2c(c1)[C@]1(CCNCC3CC3)CCCC[C@]1(O)CC2.